The summed E-state index contributed by atoms with van der Waals surface area (Å²) >= 11 is 0. The third-order valence-corrected chi connectivity index (χ3v) is 7.77. The minimum absolute atomic E-state index is 0.188. The largest absolute Gasteiger partial charge is 0.345 e. The van der Waals surface area contributed by atoms with Crippen molar-refractivity contribution in [3.63, 3.8) is 0 Å². The highest BCUT2D eigenvalue weighted by molar-refractivity contribution is 7.93. The second-order valence-corrected chi connectivity index (χ2v) is 10.5. The molecule has 0 amide bonds. The molecule has 0 fully saturated rings. The van der Waals surface area contributed by atoms with Crippen LogP contribution in [0.25, 0.3) is 22.4 Å². The van der Waals surface area contributed by atoms with Gasteiger partial charge < -0.3 is 9.88 Å². The van der Waals surface area contributed by atoms with Crippen LogP contribution < -0.4 is 10.0 Å². The van der Waals surface area contributed by atoms with Crippen LogP contribution in [0.2, 0.25) is 0 Å². The first-order valence-electron chi connectivity index (χ1n) is 9.49. The number of aromatic nitrogens is 2. The highest BCUT2D eigenvalue weighted by atomic mass is 32.2. The van der Waals surface area contributed by atoms with Crippen molar-refractivity contribution in [2.24, 2.45) is 11.4 Å². The van der Waals surface area contributed by atoms with Crippen LogP contribution in [0.4, 0.5) is 11.4 Å². The van der Waals surface area contributed by atoms with Gasteiger partial charge in [0.2, 0.25) is 0 Å². The molecule has 0 bridgehead atoms. The van der Waals surface area contributed by atoms with E-state index >= 15 is 0 Å². The molecule has 0 radical (unpaired) electrons. The Balaban J connectivity index is 1.50. The molecule has 2 N–H and O–H groups in total. The maximum atomic E-state index is 13.0. The third-order valence-electron chi connectivity index (χ3n) is 5.11. The molecule has 32 heavy (non-hydrogen) atoms. The molecular weight excluding hydrogens is 450 g/mol. The van der Waals surface area contributed by atoms with E-state index in [1.807, 2.05) is 41.9 Å². The molecule has 0 aliphatic carbocycles. The Morgan fingerprint density at radius 2 is 1.81 bits per heavy atom. The first-order chi connectivity index (χ1) is 15.2. The Labute approximate surface area is 184 Å². The second kappa shape index (κ2) is 7.18. The Kier molecular flexibility index (Phi) is 4.53. The van der Waals surface area contributed by atoms with Crippen LogP contribution in [0.5, 0.6) is 0 Å². The number of hydrogen-bond acceptors (Lipinski definition) is 6. The van der Waals surface area contributed by atoms with Gasteiger partial charge in [-0.15, -0.1) is 4.40 Å². The van der Waals surface area contributed by atoms with Gasteiger partial charge in [-0.25, -0.2) is 13.4 Å². The van der Waals surface area contributed by atoms with Crippen molar-refractivity contribution in [1.29, 1.82) is 0 Å². The quantitative estimate of drug-likeness (QED) is 0.475. The van der Waals surface area contributed by atoms with Gasteiger partial charge in [-0.05, 0) is 42.5 Å². The fourth-order valence-electron chi connectivity index (χ4n) is 3.56. The van der Waals surface area contributed by atoms with E-state index in [0.717, 1.165) is 29.0 Å². The summed E-state index contributed by atoms with van der Waals surface area (Å²) in [6.07, 6.45) is 1.05. The molecule has 2 heterocycles. The van der Waals surface area contributed by atoms with E-state index in [2.05, 4.69) is 19.4 Å². The average molecular weight is 468 g/mol. The van der Waals surface area contributed by atoms with Gasteiger partial charge in [-0.3, -0.25) is 4.72 Å². The van der Waals surface area contributed by atoms with Crippen LogP contribution in [0.1, 0.15) is 0 Å². The predicted molar refractivity (Wildman–Crippen MR) is 123 cm³/mol. The number of para-hydroxylation sites is 2. The lowest BCUT2D eigenvalue weighted by Crippen LogP contribution is -2.16. The number of benzene rings is 3. The Morgan fingerprint density at radius 3 is 2.62 bits per heavy atom. The smallest absolute Gasteiger partial charge is 0.285 e. The Morgan fingerprint density at radius 1 is 1.00 bits per heavy atom. The molecule has 3 aromatic carbocycles. The van der Waals surface area contributed by atoms with Crippen molar-refractivity contribution in [3.05, 3.63) is 66.7 Å². The lowest BCUT2D eigenvalue weighted by molar-refractivity contribution is 0.597. The van der Waals surface area contributed by atoms with Gasteiger partial charge in [-0.2, -0.15) is 8.42 Å². The van der Waals surface area contributed by atoms with Crippen LogP contribution in [-0.2, 0) is 27.1 Å². The molecule has 0 atom stereocenters. The summed E-state index contributed by atoms with van der Waals surface area (Å²) in [5.41, 5.74) is 3.12. The number of anilines is 2. The summed E-state index contributed by atoms with van der Waals surface area (Å²) in [5.74, 6) is 0.691. The van der Waals surface area contributed by atoms with E-state index in [1.54, 1.807) is 18.2 Å². The van der Waals surface area contributed by atoms with Crippen molar-refractivity contribution in [2.75, 3.05) is 10.0 Å². The molecule has 4 aromatic rings. The number of imidazole rings is 1. The van der Waals surface area contributed by atoms with E-state index in [-0.39, 0.29) is 15.5 Å². The van der Waals surface area contributed by atoms with Crippen LogP contribution in [0.3, 0.4) is 0 Å². The first-order valence-corrected chi connectivity index (χ1v) is 12.4. The van der Waals surface area contributed by atoms with Gasteiger partial charge in [0.05, 0.1) is 21.6 Å². The zero-order valence-electron chi connectivity index (χ0n) is 16.7. The van der Waals surface area contributed by atoms with Gasteiger partial charge in [0.25, 0.3) is 20.0 Å². The van der Waals surface area contributed by atoms with Crippen molar-refractivity contribution in [3.8, 4) is 11.4 Å². The maximum Gasteiger partial charge on any atom is 0.285 e. The average Bonchev–Trinajstić information content (AvgIpc) is 3.10. The number of nitrogens with zero attached hydrogens (tertiary/aromatic N) is 3. The van der Waals surface area contributed by atoms with Gasteiger partial charge in [0.1, 0.15) is 17.1 Å². The van der Waals surface area contributed by atoms with Crippen LogP contribution in [-0.4, -0.2) is 32.7 Å². The summed E-state index contributed by atoms with van der Waals surface area (Å²) in [5, 5.41) is 2.69. The molecule has 1 aromatic heterocycles. The molecule has 1 aliphatic heterocycles. The minimum Gasteiger partial charge on any atom is -0.345 e. The molecule has 0 saturated heterocycles. The van der Waals surface area contributed by atoms with Crippen molar-refractivity contribution in [1.82, 2.24) is 9.55 Å². The second-order valence-electron chi connectivity index (χ2n) is 7.18. The number of fused-ring (bicyclic) bond motifs is 2. The van der Waals surface area contributed by atoms with Crippen LogP contribution in [0, 0.1) is 0 Å². The number of rotatable bonds is 4. The SMILES string of the molecule is Cn1c(-c2cccc(NS(=O)(=O)c3ccc4c(c3)S(=O)(=O)N=CN4)c2)nc2ccccc21. The molecule has 11 heteroatoms. The molecule has 0 spiro atoms. The van der Waals surface area contributed by atoms with E-state index in [1.165, 1.54) is 12.1 Å². The van der Waals surface area contributed by atoms with Crippen molar-refractivity contribution in [2.45, 2.75) is 9.79 Å². The van der Waals surface area contributed by atoms with Gasteiger partial charge >= 0.3 is 0 Å². The highest BCUT2D eigenvalue weighted by Crippen LogP contribution is 2.30. The third kappa shape index (κ3) is 3.41. The Bertz CT molecular complexity index is 1620. The number of nitrogens with one attached hydrogen (secondary N) is 2. The van der Waals surface area contributed by atoms with Crippen molar-refractivity contribution >= 4 is 48.8 Å². The topological polar surface area (TPSA) is 123 Å². The van der Waals surface area contributed by atoms with E-state index in [0.29, 0.717) is 11.5 Å². The lowest BCUT2D eigenvalue weighted by Gasteiger charge is -2.14. The molecule has 1 aliphatic rings. The standard InChI is InChI=1S/C21H17N5O4S2/c1-26-19-8-3-2-7-17(19)24-21(26)14-5-4-6-15(11-14)25-31(27,28)16-9-10-18-20(12-16)32(29,30)23-13-22-18/h2-13,25H,1H3,(H,22,23). The van der Waals surface area contributed by atoms with Gasteiger partial charge in [0, 0.05) is 18.3 Å². The summed E-state index contributed by atoms with van der Waals surface area (Å²) in [6.45, 7) is 0. The molecule has 0 saturated carbocycles. The number of aryl methyl sites for hydroxylation is 1. The zero-order valence-corrected chi connectivity index (χ0v) is 18.4. The van der Waals surface area contributed by atoms with Crippen molar-refractivity contribution < 1.29 is 16.8 Å². The monoisotopic (exact) mass is 467 g/mol. The fraction of sp³-hybridized carbons (Fsp3) is 0.0476. The normalized spacial score (nSPS) is 14.7. The zero-order chi connectivity index (χ0) is 22.5. The lowest BCUT2D eigenvalue weighted by atomic mass is 10.2. The molecule has 0 unspecified atom stereocenters. The molecule has 162 valence electrons. The number of sulfonamides is 2. The summed E-state index contributed by atoms with van der Waals surface area (Å²) < 4.78 is 58.1. The van der Waals surface area contributed by atoms with Crippen LogP contribution >= 0.6 is 0 Å². The molecule has 9 nitrogen and oxygen atoms in total. The number of hydrogen-bond donors (Lipinski definition) is 2. The van der Waals surface area contributed by atoms with E-state index < -0.39 is 20.0 Å². The minimum atomic E-state index is -4.05. The van der Waals surface area contributed by atoms with Gasteiger partial charge in [0.15, 0.2) is 0 Å². The fourth-order valence-corrected chi connectivity index (χ4v) is 5.70. The predicted octanol–water partition coefficient (Wildman–Crippen LogP) is 3.18. The van der Waals surface area contributed by atoms with Crippen LogP contribution in [0.15, 0.2) is 80.9 Å². The van der Waals surface area contributed by atoms with E-state index in [4.69, 9.17) is 0 Å². The maximum absolute atomic E-state index is 13.0. The van der Waals surface area contributed by atoms with E-state index in [9.17, 15) is 16.8 Å². The summed E-state index contributed by atoms with van der Waals surface area (Å²) in [7, 11) is -6.11. The first kappa shape index (κ1) is 20.2. The highest BCUT2D eigenvalue weighted by Gasteiger charge is 2.25. The van der Waals surface area contributed by atoms with Gasteiger partial charge in [-0.1, -0.05) is 24.3 Å². The summed E-state index contributed by atoms with van der Waals surface area (Å²) in [6, 6.07) is 18.4. The summed E-state index contributed by atoms with van der Waals surface area (Å²) in [4.78, 5) is 4.26. The molecule has 5 rings (SSSR count). The Hall–Kier alpha value is -3.70. The molecular formula is C21H17N5O4S2.